The molecule has 1 N–H and O–H groups in total. The lowest BCUT2D eigenvalue weighted by Crippen LogP contribution is -2.37. The highest BCUT2D eigenvalue weighted by atomic mass is 16.3. The Bertz CT molecular complexity index is 189. The van der Waals surface area contributed by atoms with E-state index in [4.69, 9.17) is 5.11 Å². The summed E-state index contributed by atoms with van der Waals surface area (Å²) < 4.78 is 0. The molecule has 2 nitrogen and oxygen atoms in total. The molecule has 0 spiro atoms. The lowest BCUT2D eigenvalue weighted by Gasteiger charge is -2.35. The lowest BCUT2D eigenvalue weighted by atomic mass is 9.85. The molecule has 0 radical (unpaired) electrons. The van der Waals surface area contributed by atoms with Crippen LogP contribution < -0.4 is 0 Å². The highest BCUT2D eigenvalue weighted by molar-refractivity contribution is 4.78. The fourth-order valence-corrected chi connectivity index (χ4v) is 2.46. The number of aliphatic hydroxyl groups excluding tert-OH is 1. The van der Waals surface area contributed by atoms with E-state index in [-0.39, 0.29) is 0 Å². The summed E-state index contributed by atoms with van der Waals surface area (Å²) in [6, 6.07) is 0.755. The third-order valence-corrected chi connectivity index (χ3v) is 3.91. The van der Waals surface area contributed by atoms with Gasteiger partial charge in [0.15, 0.2) is 0 Å². The fourth-order valence-electron chi connectivity index (χ4n) is 2.46. The van der Waals surface area contributed by atoms with Crippen LogP contribution in [0.5, 0.6) is 0 Å². The quantitative estimate of drug-likeness (QED) is 0.798. The van der Waals surface area contributed by atoms with E-state index in [1.54, 1.807) is 0 Å². The Morgan fingerprint density at radius 2 is 1.69 bits per heavy atom. The Kier molecular flexibility index (Phi) is 5.26. The molecule has 96 valence electrons. The van der Waals surface area contributed by atoms with Crippen LogP contribution >= 0.6 is 0 Å². The Labute approximate surface area is 101 Å². The third kappa shape index (κ3) is 4.84. The van der Waals surface area contributed by atoms with Crippen molar-refractivity contribution in [1.29, 1.82) is 0 Å². The van der Waals surface area contributed by atoms with Gasteiger partial charge >= 0.3 is 0 Å². The number of hydrogen-bond acceptors (Lipinski definition) is 2. The van der Waals surface area contributed by atoms with Crippen molar-refractivity contribution in [3.8, 4) is 0 Å². The molecule has 0 saturated heterocycles. The predicted octanol–water partition coefficient (Wildman–Crippen LogP) is 2.91. The van der Waals surface area contributed by atoms with Gasteiger partial charge in [-0.25, -0.2) is 0 Å². The van der Waals surface area contributed by atoms with Gasteiger partial charge < -0.3 is 10.0 Å². The van der Waals surface area contributed by atoms with Crippen LogP contribution in [0.2, 0.25) is 0 Å². The maximum Gasteiger partial charge on any atom is 0.0459 e. The second-order valence-electron chi connectivity index (χ2n) is 6.65. The van der Waals surface area contributed by atoms with Crippen LogP contribution in [0, 0.1) is 11.3 Å². The minimum atomic E-state index is 0.387. The molecule has 1 aliphatic carbocycles. The monoisotopic (exact) mass is 227 g/mol. The molecule has 2 heteroatoms. The summed E-state index contributed by atoms with van der Waals surface area (Å²) in [5.74, 6) is 0.576. The Hall–Kier alpha value is -0.0800. The van der Waals surface area contributed by atoms with Gasteiger partial charge in [0.25, 0.3) is 0 Å². The van der Waals surface area contributed by atoms with E-state index >= 15 is 0 Å². The zero-order valence-electron chi connectivity index (χ0n) is 11.5. The van der Waals surface area contributed by atoms with E-state index in [1.807, 2.05) is 0 Å². The first-order valence-electron chi connectivity index (χ1n) is 6.73. The van der Waals surface area contributed by atoms with Crippen molar-refractivity contribution in [3.63, 3.8) is 0 Å². The first-order chi connectivity index (χ1) is 7.42. The molecule has 0 unspecified atom stereocenters. The topological polar surface area (TPSA) is 23.5 Å². The predicted molar refractivity (Wildman–Crippen MR) is 69.5 cm³/mol. The van der Waals surface area contributed by atoms with Gasteiger partial charge in [0.1, 0.15) is 0 Å². The summed E-state index contributed by atoms with van der Waals surface area (Å²) in [5, 5.41) is 9.11. The van der Waals surface area contributed by atoms with E-state index < -0.39 is 0 Å². The van der Waals surface area contributed by atoms with E-state index in [0.29, 0.717) is 17.9 Å². The average Bonchev–Trinajstić information content (AvgIpc) is 2.25. The molecule has 0 aliphatic heterocycles. The lowest BCUT2D eigenvalue weighted by molar-refractivity contribution is 0.120. The molecule has 1 aliphatic rings. The standard InChI is InChI=1S/C14H29NO/c1-14(2,3)9-10-15(4)13-7-5-12(11-16)6-8-13/h12-13,16H,5-11H2,1-4H3. The van der Waals surface area contributed by atoms with Crippen molar-refractivity contribution in [3.05, 3.63) is 0 Å². The zero-order valence-corrected chi connectivity index (χ0v) is 11.5. The maximum atomic E-state index is 9.11. The van der Waals surface area contributed by atoms with Gasteiger partial charge in [-0.1, -0.05) is 20.8 Å². The number of rotatable bonds is 4. The fraction of sp³-hybridized carbons (Fsp3) is 1.00. The van der Waals surface area contributed by atoms with Crippen LogP contribution in [0.3, 0.4) is 0 Å². The van der Waals surface area contributed by atoms with Crippen LogP contribution in [0.1, 0.15) is 52.9 Å². The first kappa shape index (κ1) is 14.0. The molecule has 1 rings (SSSR count). The van der Waals surface area contributed by atoms with Gasteiger partial charge in [-0.05, 0) is 57.0 Å². The molecule has 16 heavy (non-hydrogen) atoms. The second kappa shape index (κ2) is 6.02. The summed E-state index contributed by atoms with van der Waals surface area (Å²) in [4.78, 5) is 2.53. The van der Waals surface area contributed by atoms with Crippen molar-refractivity contribution < 1.29 is 5.11 Å². The van der Waals surface area contributed by atoms with Crippen molar-refractivity contribution in [2.24, 2.45) is 11.3 Å². The minimum absolute atomic E-state index is 0.387. The van der Waals surface area contributed by atoms with Gasteiger partial charge in [0.2, 0.25) is 0 Å². The van der Waals surface area contributed by atoms with Crippen LogP contribution in [0.25, 0.3) is 0 Å². The van der Waals surface area contributed by atoms with Crippen LogP contribution in [-0.4, -0.2) is 36.2 Å². The van der Waals surface area contributed by atoms with Gasteiger partial charge in [0.05, 0.1) is 0 Å². The smallest absolute Gasteiger partial charge is 0.0459 e. The van der Waals surface area contributed by atoms with Crippen molar-refractivity contribution in [1.82, 2.24) is 4.90 Å². The van der Waals surface area contributed by atoms with E-state index in [9.17, 15) is 0 Å². The molecular weight excluding hydrogens is 198 g/mol. The van der Waals surface area contributed by atoms with Crippen LogP contribution in [0.4, 0.5) is 0 Å². The zero-order chi connectivity index (χ0) is 12.2. The number of nitrogens with zero attached hydrogens (tertiary/aromatic N) is 1. The van der Waals surface area contributed by atoms with Gasteiger partial charge in [-0.2, -0.15) is 0 Å². The summed E-state index contributed by atoms with van der Waals surface area (Å²) in [6.07, 6.45) is 6.23. The average molecular weight is 227 g/mol. The van der Waals surface area contributed by atoms with Crippen molar-refractivity contribution in [2.45, 2.75) is 58.9 Å². The molecule has 0 bridgehead atoms. The molecule has 1 saturated carbocycles. The Morgan fingerprint density at radius 3 is 2.12 bits per heavy atom. The van der Waals surface area contributed by atoms with Crippen molar-refractivity contribution in [2.75, 3.05) is 20.2 Å². The molecule has 0 heterocycles. The second-order valence-corrected chi connectivity index (χ2v) is 6.65. The van der Waals surface area contributed by atoms with Crippen LogP contribution in [0.15, 0.2) is 0 Å². The largest absolute Gasteiger partial charge is 0.396 e. The molecule has 0 atom stereocenters. The molecule has 1 fully saturated rings. The highest BCUT2D eigenvalue weighted by Crippen LogP contribution is 2.27. The molecular formula is C14H29NO. The van der Waals surface area contributed by atoms with E-state index in [0.717, 1.165) is 6.04 Å². The molecule has 0 aromatic carbocycles. The number of aliphatic hydroxyl groups is 1. The summed E-state index contributed by atoms with van der Waals surface area (Å²) >= 11 is 0. The molecule has 0 amide bonds. The Balaban J connectivity index is 2.25. The highest BCUT2D eigenvalue weighted by Gasteiger charge is 2.24. The Morgan fingerprint density at radius 1 is 1.12 bits per heavy atom. The maximum absolute atomic E-state index is 9.11. The van der Waals surface area contributed by atoms with Gasteiger partial charge in [0, 0.05) is 12.6 Å². The third-order valence-electron chi connectivity index (χ3n) is 3.91. The van der Waals surface area contributed by atoms with E-state index in [1.165, 1.54) is 38.6 Å². The van der Waals surface area contributed by atoms with Gasteiger partial charge in [-0.3, -0.25) is 0 Å². The van der Waals surface area contributed by atoms with Crippen molar-refractivity contribution >= 4 is 0 Å². The van der Waals surface area contributed by atoms with Gasteiger partial charge in [-0.15, -0.1) is 0 Å². The van der Waals surface area contributed by atoms with Crippen LogP contribution in [-0.2, 0) is 0 Å². The normalized spacial score (nSPS) is 27.4. The summed E-state index contributed by atoms with van der Waals surface area (Å²) in [7, 11) is 2.26. The summed E-state index contributed by atoms with van der Waals surface area (Å²) in [6.45, 7) is 8.52. The first-order valence-corrected chi connectivity index (χ1v) is 6.73. The molecule has 0 aromatic heterocycles. The number of hydrogen-bond donors (Lipinski definition) is 1. The minimum Gasteiger partial charge on any atom is -0.396 e. The van der Waals surface area contributed by atoms with E-state index in [2.05, 4.69) is 32.7 Å². The SMILES string of the molecule is CN(CCC(C)(C)C)C1CCC(CO)CC1. The molecule has 0 aromatic rings. The summed E-state index contributed by atoms with van der Waals surface area (Å²) in [5.41, 5.74) is 0.441.